The average molecular weight is 625 g/mol. The number of benzene rings is 8. The van der Waals surface area contributed by atoms with Crippen molar-refractivity contribution >= 4 is 71.6 Å². The largest absolute Gasteiger partial charge is 0.454 e. The fourth-order valence-corrected chi connectivity index (χ4v) is 8.26. The Hall–Kier alpha value is -6.58. The highest BCUT2D eigenvalue weighted by molar-refractivity contribution is 6.20. The highest BCUT2D eigenvalue weighted by Crippen LogP contribution is 2.52. The van der Waals surface area contributed by atoms with E-state index in [0.717, 1.165) is 44.7 Å². The van der Waals surface area contributed by atoms with Crippen molar-refractivity contribution in [1.29, 1.82) is 0 Å². The topological polar surface area (TPSA) is 21.3 Å². The van der Waals surface area contributed by atoms with E-state index in [2.05, 4.69) is 173 Å². The first-order chi connectivity index (χ1) is 24.3. The van der Waals surface area contributed by atoms with Crippen LogP contribution in [0.2, 0.25) is 0 Å². The van der Waals surface area contributed by atoms with Gasteiger partial charge in [-0.05, 0) is 82.2 Å². The van der Waals surface area contributed by atoms with E-state index in [1.54, 1.807) is 0 Å². The van der Waals surface area contributed by atoms with Gasteiger partial charge >= 0.3 is 0 Å². The zero-order valence-corrected chi connectivity index (χ0v) is 26.5. The molecule has 3 heteroatoms. The van der Waals surface area contributed by atoms with Gasteiger partial charge in [0.25, 0.3) is 0 Å². The molecule has 2 heterocycles. The zero-order valence-electron chi connectivity index (χ0n) is 26.5. The van der Waals surface area contributed by atoms with Crippen LogP contribution in [0.25, 0.3) is 82.5 Å². The van der Waals surface area contributed by atoms with E-state index in [1.807, 2.05) is 6.07 Å². The smallest absolute Gasteiger partial charge is 0.159 e. The van der Waals surface area contributed by atoms with Gasteiger partial charge in [0.05, 0.1) is 22.4 Å². The van der Waals surface area contributed by atoms with Crippen molar-refractivity contribution in [2.24, 2.45) is 0 Å². The molecule has 0 N–H and O–H groups in total. The molecule has 0 radical (unpaired) electrons. The first kappa shape index (κ1) is 26.5. The number of para-hydroxylation sites is 4. The molecular formula is C46H28N2O. The third-order valence-corrected chi connectivity index (χ3v) is 10.3. The van der Waals surface area contributed by atoms with E-state index in [9.17, 15) is 0 Å². The molecule has 1 aliphatic rings. The SMILES string of the molecule is c1ccc2c(c1)-c1cccc3c(N(c4ccc(-n5c6ccccc6c6ccccc65)cc4)c4cccc5c4oc4ccccc45)ccc-2c13. The van der Waals surface area contributed by atoms with Gasteiger partial charge in [-0.1, -0.05) is 115 Å². The molecule has 0 unspecified atom stereocenters. The van der Waals surface area contributed by atoms with Crippen molar-refractivity contribution < 1.29 is 4.42 Å². The number of rotatable bonds is 4. The summed E-state index contributed by atoms with van der Waals surface area (Å²) in [4.78, 5) is 2.38. The van der Waals surface area contributed by atoms with Crippen molar-refractivity contribution in [2.75, 3.05) is 4.90 Å². The number of fused-ring (bicyclic) bond motifs is 9. The van der Waals surface area contributed by atoms with E-state index in [-0.39, 0.29) is 0 Å². The second kappa shape index (κ2) is 9.96. The lowest BCUT2D eigenvalue weighted by Crippen LogP contribution is -2.11. The molecule has 0 saturated carbocycles. The Bertz CT molecular complexity index is 2860. The lowest BCUT2D eigenvalue weighted by atomic mass is 10.00. The summed E-state index contributed by atoms with van der Waals surface area (Å²) in [6.45, 7) is 0. The van der Waals surface area contributed by atoms with Crippen molar-refractivity contribution in [3.05, 3.63) is 170 Å². The van der Waals surface area contributed by atoms with Crippen LogP contribution >= 0.6 is 0 Å². The molecule has 0 bridgehead atoms. The Labute approximate surface area is 282 Å². The van der Waals surface area contributed by atoms with Gasteiger partial charge in [-0.15, -0.1) is 0 Å². The van der Waals surface area contributed by atoms with Gasteiger partial charge in [-0.25, -0.2) is 0 Å². The standard InChI is InChI=1S/C46H28N2O/c1-2-12-32-31(11-1)36-16-9-18-39-42(28-27-37(32)45(36)39)48(43-21-10-17-38-35-15-5-8-22-44(35)49-46(38)43)30-25-23-29(24-26-30)47-40-19-6-3-13-33(40)34-14-4-7-20-41(34)47/h1-28H. The van der Waals surface area contributed by atoms with Gasteiger partial charge in [0, 0.05) is 38.3 Å². The van der Waals surface area contributed by atoms with Crippen LogP contribution in [0.3, 0.4) is 0 Å². The summed E-state index contributed by atoms with van der Waals surface area (Å²) in [5.74, 6) is 0. The molecular weight excluding hydrogens is 597 g/mol. The van der Waals surface area contributed by atoms with Gasteiger partial charge in [-0.2, -0.15) is 0 Å². The summed E-state index contributed by atoms with van der Waals surface area (Å²) < 4.78 is 9.03. The first-order valence-electron chi connectivity index (χ1n) is 16.8. The minimum absolute atomic E-state index is 0.877. The molecule has 1 aliphatic carbocycles. The van der Waals surface area contributed by atoms with Crippen LogP contribution in [-0.2, 0) is 0 Å². The second-order valence-electron chi connectivity index (χ2n) is 12.9. The van der Waals surface area contributed by atoms with E-state index in [1.165, 1.54) is 54.8 Å². The van der Waals surface area contributed by atoms with Crippen molar-refractivity contribution in [3.63, 3.8) is 0 Å². The van der Waals surface area contributed by atoms with Crippen molar-refractivity contribution in [3.8, 4) is 27.9 Å². The molecule has 0 fully saturated rings. The van der Waals surface area contributed by atoms with Gasteiger partial charge in [0.15, 0.2) is 5.58 Å². The van der Waals surface area contributed by atoms with E-state index in [4.69, 9.17) is 4.42 Å². The van der Waals surface area contributed by atoms with Gasteiger partial charge in [0.2, 0.25) is 0 Å². The molecule has 2 aromatic heterocycles. The van der Waals surface area contributed by atoms with E-state index < -0.39 is 0 Å². The molecule has 0 aliphatic heterocycles. The summed E-state index contributed by atoms with van der Waals surface area (Å²) >= 11 is 0. The Kier molecular flexibility index (Phi) is 5.38. The van der Waals surface area contributed by atoms with Gasteiger partial charge in [0.1, 0.15) is 5.58 Å². The molecule has 49 heavy (non-hydrogen) atoms. The number of hydrogen-bond donors (Lipinski definition) is 0. The summed E-state index contributed by atoms with van der Waals surface area (Å²) in [6, 6.07) is 61.2. The van der Waals surface area contributed by atoms with Crippen LogP contribution in [0, 0.1) is 0 Å². The van der Waals surface area contributed by atoms with E-state index in [0.29, 0.717) is 0 Å². The maximum Gasteiger partial charge on any atom is 0.159 e. The summed E-state index contributed by atoms with van der Waals surface area (Å²) in [5, 5.41) is 7.26. The summed E-state index contributed by atoms with van der Waals surface area (Å²) in [5.41, 5.74) is 13.6. The normalized spacial score (nSPS) is 12.1. The third-order valence-electron chi connectivity index (χ3n) is 10.3. The Morgan fingerprint density at radius 1 is 0.388 bits per heavy atom. The third kappa shape index (κ3) is 3.67. The summed E-state index contributed by atoms with van der Waals surface area (Å²) in [6.07, 6.45) is 0. The number of furan rings is 1. The molecule has 3 nitrogen and oxygen atoms in total. The lowest BCUT2D eigenvalue weighted by Gasteiger charge is -2.27. The van der Waals surface area contributed by atoms with Crippen LogP contribution in [0.5, 0.6) is 0 Å². The van der Waals surface area contributed by atoms with E-state index >= 15 is 0 Å². The molecule has 228 valence electrons. The van der Waals surface area contributed by atoms with Crippen molar-refractivity contribution in [1.82, 2.24) is 4.57 Å². The summed E-state index contributed by atoms with van der Waals surface area (Å²) in [7, 11) is 0. The number of anilines is 3. The molecule has 0 saturated heterocycles. The molecule has 0 amide bonds. The molecule has 11 rings (SSSR count). The molecule has 8 aromatic carbocycles. The number of aromatic nitrogens is 1. The lowest BCUT2D eigenvalue weighted by molar-refractivity contribution is 0.669. The minimum atomic E-state index is 0.877. The second-order valence-corrected chi connectivity index (χ2v) is 12.9. The maximum absolute atomic E-state index is 6.66. The van der Waals surface area contributed by atoms with Gasteiger partial charge in [-0.3, -0.25) is 0 Å². The highest BCUT2D eigenvalue weighted by atomic mass is 16.3. The van der Waals surface area contributed by atoms with Crippen LogP contribution in [-0.4, -0.2) is 4.57 Å². The Morgan fingerprint density at radius 3 is 1.71 bits per heavy atom. The monoisotopic (exact) mass is 624 g/mol. The van der Waals surface area contributed by atoms with Crippen LogP contribution in [0.1, 0.15) is 0 Å². The fourth-order valence-electron chi connectivity index (χ4n) is 8.26. The predicted octanol–water partition coefficient (Wildman–Crippen LogP) is 13.0. The first-order valence-corrected chi connectivity index (χ1v) is 16.8. The Balaban J connectivity index is 1.17. The quantitative estimate of drug-likeness (QED) is 0.194. The highest BCUT2D eigenvalue weighted by Gasteiger charge is 2.26. The fraction of sp³-hybridized carbons (Fsp3) is 0. The Morgan fingerprint density at radius 2 is 0.959 bits per heavy atom. The van der Waals surface area contributed by atoms with Crippen LogP contribution < -0.4 is 4.90 Å². The van der Waals surface area contributed by atoms with Crippen molar-refractivity contribution in [2.45, 2.75) is 0 Å². The molecule has 10 aromatic rings. The van der Waals surface area contributed by atoms with Gasteiger partial charge < -0.3 is 13.9 Å². The average Bonchev–Trinajstić information content (AvgIpc) is 3.82. The number of hydrogen-bond acceptors (Lipinski definition) is 2. The number of nitrogens with zero attached hydrogens (tertiary/aromatic N) is 2. The van der Waals surface area contributed by atoms with Crippen LogP contribution in [0.4, 0.5) is 17.1 Å². The molecule has 0 atom stereocenters. The minimum Gasteiger partial charge on any atom is -0.454 e. The molecule has 0 spiro atoms. The van der Waals surface area contributed by atoms with Crippen LogP contribution in [0.15, 0.2) is 174 Å². The zero-order chi connectivity index (χ0) is 32.1. The maximum atomic E-state index is 6.66. The predicted molar refractivity (Wildman–Crippen MR) is 205 cm³/mol.